The molecule has 2 aliphatic heterocycles. The summed E-state index contributed by atoms with van der Waals surface area (Å²) >= 11 is 0. The number of carbonyl (C=O) groups is 2. The molecule has 6 heteroatoms. The molecular formula is C19H20FNO4. The van der Waals surface area contributed by atoms with Crippen LogP contribution >= 0.6 is 0 Å². The molecule has 1 atom stereocenters. The molecule has 132 valence electrons. The number of halogens is 1. The van der Waals surface area contributed by atoms with Crippen molar-refractivity contribution in [2.45, 2.75) is 25.9 Å². The number of carbonyl (C=O) groups excluding carboxylic acids is 2. The maximum Gasteiger partial charge on any atom is 0.340 e. The lowest BCUT2D eigenvalue weighted by Crippen LogP contribution is -2.33. The molecule has 0 spiro atoms. The second-order valence-corrected chi connectivity index (χ2v) is 6.12. The van der Waals surface area contributed by atoms with Crippen molar-refractivity contribution in [3.05, 3.63) is 52.5 Å². The second kappa shape index (κ2) is 7.19. The Labute approximate surface area is 145 Å². The highest BCUT2D eigenvalue weighted by molar-refractivity contribution is 6.16. The molecule has 1 fully saturated rings. The van der Waals surface area contributed by atoms with E-state index < -0.39 is 11.8 Å². The Morgan fingerprint density at radius 1 is 1.48 bits per heavy atom. The molecule has 0 aliphatic carbocycles. The highest BCUT2D eigenvalue weighted by Gasteiger charge is 2.38. The van der Waals surface area contributed by atoms with E-state index in [-0.39, 0.29) is 23.2 Å². The summed E-state index contributed by atoms with van der Waals surface area (Å²) in [6.07, 6.45) is 3.33. The van der Waals surface area contributed by atoms with Crippen LogP contribution in [0.5, 0.6) is 0 Å². The molecule has 0 bridgehead atoms. The standard InChI is InChI=1S/C19H20FNO4/c1-12-17(19(23)24-2)16(10-13-5-3-6-14(20)9-13)18(22)21(12)11-15-7-4-8-25-15/h3,5-6,9-10,15H,4,7-8,11H2,1-2H3/b16-10-/t15-/m0/s1. The summed E-state index contributed by atoms with van der Waals surface area (Å²) in [4.78, 5) is 26.6. The molecule has 1 aromatic carbocycles. The van der Waals surface area contributed by atoms with E-state index in [9.17, 15) is 14.0 Å². The Hall–Kier alpha value is -2.47. The van der Waals surface area contributed by atoms with Gasteiger partial charge in [0.15, 0.2) is 0 Å². The van der Waals surface area contributed by atoms with Crippen LogP contribution in [0.3, 0.4) is 0 Å². The first-order chi connectivity index (χ1) is 12.0. The molecule has 3 rings (SSSR count). The fourth-order valence-electron chi connectivity index (χ4n) is 3.20. The van der Waals surface area contributed by atoms with E-state index in [4.69, 9.17) is 9.47 Å². The predicted molar refractivity (Wildman–Crippen MR) is 89.8 cm³/mol. The smallest absolute Gasteiger partial charge is 0.340 e. The van der Waals surface area contributed by atoms with Gasteiger partial charge in [-0.15, -0.1) is 0 Å². The minimum Gasteiger partial charge on any atom is -0.465 e. The van der Waals surface area contributed by atoms with Gasteiger partial charge >= 0.3 is 5.97 Å². The van der Waals surface area contributed by atoms with Crippen LogP contribution in [0, 0.1) is 5.82 Å². The SMILES string of the molecule is COC(=O)C1=C(C)N(C[C@@H]2CCCO2)C(=O)/C1=C\c1cccc(F)c1. The van der Waals surface area contributed by atoms with Crippen molar-refractivity contribution in [2.75, 3.05) is 20.3 Å². The van der Waals surface area contributed by atoms with Crippen molar-refractivity contribution in [1.82, 2.24) is 4.90 Å². The molecule has 0 aromatic heterocycles. The van der Waals surface area contributed by atoms with Gasteiger partial charge in [0.2, 0.25) is 0 Å². The summed E-state index contributed by atoms with van der Waals surface area (Å²) in [7, 11) is 1.27. The minimum absolute atomic E-state index is 0.0358. The van der Waals surface area contributed by atoms with Crippen LogP contribution in [-0.4, -0.2) is 43.1 Å². The average Bonchev–Trinajstić information content (AvgIpc) is 3.18. The van der Waals surface area contributed by atoms with Crippen LogP contribution in [0.2, 0.25) is 0 Å². The summed E-state index contributed by atoms with van der Waals surface area (Å²) in [6, 6.07) is 5.87. The molecule has 2 heterocycles. The van der Waals surface area contributed by atoms with Gasteiger partial charge in [-0.3, -0.25) is 4.79 Å². The first-order valence-corrected chi connectivity index (χ1v) is 8.21. The highest BCUT2D eigenvalue weighted by atomic mass is 19.1. The van der Waals surface area contributed by atoms with Crippen LogP contribution < -0.4 is 0 Å². The van der Waals surface area contributed by atoms with Gasteiger partial charge in [-0.1, -0.05) is 12.1 Å². The molecular weight excluding hydrogens is 325 g/mol. The molecule has 5 nitrogen and oxygen atoms in total. The molecule has 1 aromatic rings. The van der Waals surface area contributed by atoms with Crippen LogP contribution in [0.25, 0.3) is 6.08 Å². The number of benzene rings is 1. The predicted octanol–water partition coefficient (Wildman–Crippen LogP) is 2.68. The molecule has 1 saturated heterocycles. The van der Waals surface area contributed by atoms with E-state index >= 15 is 0 Å². The maximum absolute atomic E-state index is 13.4. The van der Waals surface area contributed by atoms with Gasteiger partial charge in [-0.05, 0) is 43.5 Å². The number of ether oxygens (including phenoxy) is 2. The van der Waals surface area contributed by atoms with Crippen LogP contribution in [0.15, 0.2) is 41.1 Å². The zero-order valence-corrected chi connectivity index (χ0v) is 14.3. The third kappa shape index (κ3) is 3.49. The normalized spacial score (nSPS) is 22.2. The maximum atomic E-state index is 13.4. The highest BCUT2D eigenvalue weighted by Crippen LogP contribution is 2.32. The van der Waals surface area contributed by atoms with E-state index in [1.807, 2.05) is 0 Å². The van der Waals surface area contributed by atoms with Crippen LogP contribution in [0.4, 0.5) is 4.39 Å². The summed E-state index contributed by atoms with van der Waals surface area (Å²) in [5.74, 6) is -1.28. The molecule has 0 radical (unpaired) electrons. The third-order valence-corrected chi connectivity index (χ3v) is 4.47. The number of hydrogen-bond acceptors (Lipinski definition) is 4. The number of esters is 1. The fraction of sp³-hybridized carbons (Fsp3) is 0.368. The number of amides is 1. The first-order valence-electron chi connectivity index (χ1n) is 8.21. The summed E-state index contributed by atoms with van der Waals surface area (Å²) in [5.41, 5.74) is 1.48. The van der Waals surface area contributed by atoms with E-state index in [1.54, 1.807) is 24.0 Å². The van der Waals surface area contributed by atoms with Crippen LogP contribution in [-0.2, 0) is 19.1 Å². The van der Waals surface area contributed by atoms with Crippen molar-refractivity contribution in [2.24, 2.45) is 0 Å². The van der Waals surface area contributed by atoms with Crippen molar-refractivity contribution in [1.29, 1.82) is 0 Å². The van der Waals surface area contributed by atoms with E-state index in [1.165, 1.54) is 25.3 Å². The molecule has 1 amide bonds. The van der Waals surface area contributed by atoms with Crippen molar-refractivity contribution >= 4 is 18.0 Å². The zero-order valence-electron chi connectivity index (χ0n) is 14.3. The monoisotopic (exact) mass is 345 g/mol. The van der Waals surface area contributed by atoms with Gasteiger partial charge in [-0.25, -0.2) is 9.18 Å². The van der Waals surface area contributed by atoms with Crippen molar-refractivity contribution in [3.8, 4) is 0 Å². The average molecular weight is 345 g/mol. The van der Waals surface area contributed by atoms with E-state index in [2.05, 4.69) is 0 Å². The van der Waals surface area contributed by atoms with E-state index in [0.717, 1.165) is 12.8 Å². The number of hydrogen-bond donors (Lipinski definition) is 0. The quantitative estimate of drug-likeness (QED) is 0.622. The van der Waals surface area contributed by atoms with Crippen LogP contribution in [0.1, 0.15) is 25.3 Å². The Morgan fingerprint density at radius 2 is 2.28 bits per heavy atom. The molecule has 0 N–H and O–H groups in total. The lowest BCUT2D eigenvalue weighted by molar-refractivity contribution is -0.136. The first kappa shape index (κ1) is 17.4. The van der Waals surface area contributed by atoms with Crippen molar-refractivity contribution < 1.29 is 23.5 Å². The molecule has 25 heavy (non-hydrogen) atoms. The number of nitrogens with zero attached hydrogens (tertiary/aromatic N) is 1. The molecule has 2 aliphatic rings. The van der Waals surface area contributed by atoms with Gasteiger partial charge in [0, 0.05) is 12.3 Å². The largest absolute Gasteiger partial charge is 0.465 e. The van der Waals surface area contributed by atoms with E-state index in [0.29, 0.717) is 24.4 Å². The van der Waals surface area contributed by atoms with Gasteiger partial charge < -0.3 is 14.4 Å². The van der Waals surface area contributed by atoms with Crippen molar-refractivity contribution in [3.63, 3.8) is 0 Å². The van der Waals surface area contributed by atoms with Gasteiger partial charge in [0.1, 0.15) is 5.82 Å². The Kier molecular flexibility index (Phi) is 4.99. The van der Waals surface area contributed by atoms with Gasteiger partial charge in [0.25, 0.3) is 5.91 Å². The number of rotatable bonds is 4. The number of allylic oxidation sites excluding steroid dienone is 1. The fourth-order valence-corrected chi connectivity index (χ4v) is 3.20. The van der Waals surface area contributed by atoms with Gasteiger partial charge in [0.05, 0.1) is 30.9 Å². The second-order valence-electron chi connectivity index (χ2n) is 6.12. The summed E-state index contributed by atoms with van der Waals surface area (Å²) in [5, 5.41) is 0. The molecule has 0 unspecified atom stereocenters. The lowest BCUT2D eigenvalue weighted by Gasteiger charge is -2.21. The topological polar surface area (TPSA) is 55.8 Å². The Balaban J connectivity index is 1.98. The van der Waals surface area contributed by atoms with Gasteiger partial charge in [-0.2, -0.15) is 0 Å². The Bertz CT molecular complexity index is 762. The third-order valence-electron chi connectivity index (χ3n) is 4.47. The lowest BCUT2D eigenvalue weighted by atomic mass is 10.0. The minimum atomic E-state index is -0.580. The zero-order chi connectivity index (χ0) is 18.0. The Morgan fingerprint density at radius 3 is 2.92 bits per heavy atom. The summed E-state index contributed by atoms with van der Waals surface area (Å²) in [6.45, 7) is 2.79. The molecule has 0 saturated carbocycles. The summed E-state index contributed by atoms with van der Waals surface area (Å²) < 4.78 is 23.9. The number of methoxy groups -OCH3 is 1.